The van der Waals surface area contributed by atoms with E-state index in [2.05, 4.69) is 6.92 Å². The molecule has 0 saturated carbocycles. The van der Waals surface area contributed by atoms with Gasteiger partial charge in [-0.15, -0.1) is 0 Å². The van der Waals surface area contributed by atoms with Gasteiger partial charge in [-0.2, -0.15) is 0 Å². The minimum absolute atomic E-state index is 0.0194. The van der Waals surface area contributed by atoms with Crippen molar-refractivity contribution in [3.8, 4) is 0 Å². The smallest absolute Gasteiger partial charge is 0.254 e. The van der Waals surface area contributed by atoms with Crippen LogP contribution in [0.15, 0.2) is 18.2 Å². The van der Waals surface area contributed by atoms with Crippen LogP contribution >= 0.6 is 23.2 Å². The molecule has 0 bridgehead atoms. The Morgan fingerprint density at radius 1 is 1.08 bits per heavy atom. The van der Waals surface area contributed by atoms with E-state index < -0.39 is 6.10 Å². The molecule has 0 N–H and O–H groups in total. The number of benzene rings is 1. The van der Waals surface area contributed by atoms with Crippen molar-refractivity contribution in [1.29, 1.82) is 0 Å². The second kappa shape index (κ2) is 9.41. The molecular formula is C18H24Cl2N2O3. The highest BCUT2D eigenvalue weighted by Gasteiger charge is 2.27. The quantitative estimate of drug-likeness (QED) is 0.703. The number of piperazine rings is 1. The number of carbonyl (C=O) groups is 2. The zero-order valence-corrected chi connectivity index (χ0v) is 16.1. The number of amides is 2. The van der Waals surface area contributed by atoms with E-state index >= 15 is 0 Å². The van der Waals surface area contributed by atoms with E-state index in [0.717, 1.165) is 12.8 Å². The Labute approximate surface area is 158 Å². The van der Waals surface area contributed by atoms with Crippen LogP contribution < -0.4 is 0 Å². The number of carbonyl (C=O) groups excluding carboxylic acids is 2. The van der Waals surface area contributed by atoms with Crippen molar-refractivity contribution in [2.45, 2.75) is 32.8 Å². The number of halogens is 2. The minimum Gasteiger partial charge on any atom is -0.369 e. The van der Waals surface area contributed by atoms with E-state index in [-0.39, 0.29) is 11.8 Å². The molecule has 1 aliphatic heterocycles. The first-order valence-electron chi connectivity index (χ1n) is 8.58. The minimum atomic E-state index is -0.444. The number of hydrogen-bond donors (Lipinski definition) is 0. The van der Waals surface area contributed by atoms with Crippen LogP contribution in [-0.2, 0) is 9.53 Å². The fraction of sp³-hybridized carbons (Fsp3) is 0.556. The normalized spacial score (nSPS) is 16.0. The lowest BCUT2D eigenvalue weighted by molar-refractivity contribution is -0.144. The first-order valence-corrected chi connectivity index (χ1v) is 9.33. The highest BCUT2D eigenvalue weighted by Crippen LogP contribution is 2.21. The third-order valence-corrected chi connectivity index (χ3v) is 4.64. The molecule has 138 valence electrons. The summed E-state index contributed by atoms with van der Waals surface area (Å²) in [7, 11) is 0. The lowest BCUT2D eigenvalue weighted by Gasteiger charge is -2.36. The van der Waals surface area contributed by atoms with Crippen LogP contribution in [0.3, 0.4) is 0 Å². The van der Waals surface area contributed by atoms with E-state index in [0.29, 0.717) is 48.4 Å². The molecule has 0 aliphatic carbocycles. The molecule has 1 aromatic rings. The van der Waals surface area contributed by atoms with E-state index in [1.54, 1.807) is 34.9 Å². The highest BCUT2D eigenvalue weighted by atomic mass is 35.5. The van der Waals surface area contributed by atoms with Gasteiger partial charge in [0.1, 0.15) is 6.10 Å². The average Bonchev–Trinajstić information content (AvgIpc) is 2.60. The van der Waals surface area contributed by atoms with Crippen LogP contribution in [0.25, 0.3) is 0 Å². The van der Waals surface area contributed by atoms with Crippen molar-refractivity contribution in [2.24, 2.45) is 0 Å². The molecule has 1 fully saturated rings. The molecule has 5 nitrogen and oxygen atoms in total. The summed E-state index contributed by atoms with van der Waals surface area (Å²) in [6.45, 7) is 6.42. The van der Waals surface area contributed by atoms with Crippen molar-refractivity contribution in [3.63, 3.8) is 0 Å². The molecule has 1 aromatic carbocycles. The molecule has 1 unspecified atom stereocenters. The van der Waals surface area contributed by atoms with Gasteiger partial charge in [0, 0.05) is 48.4 Å². The Balaban J connectivity index is 1.88. The summed E-state index contributed by atoms with van der Waals surface area (Å²) >= 11 is 11.9. The number of hydrogen-bond acceptors (Lipinski definition) is 3. The molecular weight excluding hydrogens is 363 g/mol. The second-order valence-corrected chi connectivity index (χ2v) is 7.02. The summed E-state index contributed by atoms with van der Waals surface area (Å²) in [5.74, 6) is -0.141. The van der Waals surface area contributed by atoms with E-state index in [9.17, 15) is 9.59 Å². The van der Waals surface area contributed by atoms with Gasteiger partial charge in [0.15, 0.2) is 0 Å². The lowest BCUT2D eigenvalue weighted by Crippen LogP contribution is -2.52. The van der Waals surface area contributed by atoms with Gasteiger partial charge in [0.25, 0.3) is 11.8 Å². The van der Waals surface area contributed by atoms with Gasteiger partial charge in [-0.3, -0.25) is 9.59 Å². The maximum absolute atomic E-state index is 12.6. The molecule has 0 radical (unpaired) electrons. The first-order chi connectivity index (χ1) is 11.9. The van der Waals surface area contributed by atoms with Gasteiger partial charge in [0.2, 0.25) is 0 Å². The van der Waals surface area contributed by atoms with Gasteiger partial charge in [-0.1, -0.05) is 36.5 Å². The van der Waals surface area contributed by atoms with Crippen molar-refractivity contribution >= 4 is 35.0 Å². The predicted molar refractivity (Wildman–Crippen MR) is 99.3 cm³/mol. The van der Waals surface area contributed by atoms with E-state index in [1.807, 2.05) is 0 Å². The Hall–Kier alpha value is -1.30. The molecule has 25 heavy (non-hydrogen) atoms. The van der Waals surface area contributed by atoms with Crippen molar-refractivity contribution in [1.82, 2.24) is 9.80 Å². The maximum atomic E-state index is 12.6. The summed E-state index contributed by atoms with van der Waals surface area (Å²) in [5.41, 5.74) is 0.466. The molecule has 1 aliphatic rings. The van der Waals surface area contributed by atoms with Crippen molar-refractivity contribution in [2.75, 3.05) is 32.8 Å². The highest BCUT2D eigenvalue weighted by molar-refractivity contribution is 6.35. The number of nitrogens with zero attached hydrogens (tertiary/aromatic N) is 2. The summed E-state index contributed by atoms with van der Waals surface area (Å²) < 4.78 is 5.57. The second-order valence-electron chi connectivity index (χ2n) is 6.14. The van der Waals surface area contributed by atoms with Crippen LogP contribution in [0.4, 0.5) is 0 Å². The lowest BCUT2D eigenvalue weighted by atomic mass is 10.1. The Morgan fingerprint density at radius 2 is 1.64 bits per heavy atom. The predicted octanol–water partition coefficient (Wildman–Crippen LogP) is 3.48. The molecule has 1 atom stereocenters. The van der Waals surface area contributed by atoms with E-state index in [4.69, 9.17) is 27.9 Å². The molecule has 2 rings (SSSR count). The summed E-state index contributed by atoms with van der Waals surface area (Å²) in [4.78, 5) is 28.4. The zero-order chi connectivity index (χ0) is 18.4. The van der Waals surface area contributed by atoms with Crippen LogP contribution in [0.2, 0.25) is 10.0 Å². The van der Waals surface area contributed by atoms with Gasteiger partial charge in [0.05, 0.1) is 0 Å². The zero-order valence-electron chi connectivity index (χ0n) is 14.6. The van der Waals surface area contributed by atoms with Gasteiger partial charge >= 0.3 is 0 Å². The fourth-order valence-electron chi connectivity index (χ4n) is 2.72. The molecule has 0 aromatic heterocycles. The van der Waals surface area contributed by atoms with Crippen molar-refractivity contribution in [3.05, 3.63) is 33.8 Å². The number of rotatable bonds is 6. The van der Waals surface area contributed by atoms with Gasteiger partial charge in [-0.05, 0) is 31.5 Å². The summed E-state index contributed by atoms with van der Waals surface area (Å²) in [5, 5.41) is 0.866. The molecule has 1 heterocycles. The average molecular weight is 387 g/mol. The molecule has 2 amide bonds. The monoisotopic (exact) mass is 386 g/mol. The molecule has 1 saturated heterocycles. The molecule has 0 spiro atoms. The van der Waals surface area contributed by atoms with Crippen LogP contribution in [0, 0.1) is 0 Å². The fourth-order valence-corrected chi connectivity index (χ4v) is 3.25. The molecule has 7 heteroatoms. The first kappa shape index (κ1) is 20.0. The third-order valence-electron chi connectivity index (χ3n) is 4.20. The SMILES string of the molecule is CCCCOC(C)C(=O)N1CCN(C(=O)c2cc(Cl)cc(Cl)c2)CC1. The van der Waals surface area contributed by atoms with Gasteiger partial charge in [-0.25, -0.2) is 0 Å². The summed E-state index contributed by atoms with van der Waals surface area (Å²) in [6.07, 6.45) is 1.54. The largest absolute Gasteiger partial charge is 0.369 e. The maximum Gasteiger partial charge on any atom is 0.254 e. The third kappa shape index (κ3) is 5.59. The Morgan fingerprint density at radius 3 is 2.20 bits per heavy atom. The number of unbranched alkanes of at least 4 members (excludes halogenated alkanes) is 1. The Kier molecular flexibility index (Phi) is 7.54. The Bertz CT molecular complexity index is 596. The van der Waals surface area contributed by atoms with Gasteiger partial charge < -0.3 is 14.5 Å². The van der Waals surface area contributed by atoms with Crippen molar-refractivity contribution < 1.29 is 14.3 Å². The van der Waals surface area contributed by atoms with Crippen LogP contribution in [0.5, 0.6) is 0 Å². The topological polar surface area (TPSA) is 49.9 Å². The van der Waals surface area contributed by atoms with Crippen LogP contribution in [-0.4, -0.2) is 60.5 Å². The standard InChI is InChI=1S/C18H24Cl2N2O3/c1-3-4-9-25-13(2)17(23)21-5-7-22(8-6-21)18(24)14-10-15(19)12-16(20)11-14/h10-13H,3-9H2,1-2H3. The van der Waals surface area contributed by atoms with E-state index in [1.165, 1.54) is 0 Å². The summed E-state index contributed by atoms with van der Waals surface area (Å²) in [6, 6.07) is 4.81. The van der Waals surface area contributed by atoms with Crippen LogP contribution in [0.1, 0.15) is 37.0 Å². The number of ether oxygens (including phenoxy) is 1.